The molecule has 0 aliphatic carbocycles. The number of carbonyl (C=O) groups is 1. The fraction of sp³-hybridized carbons (Fsp3) is 0.185. The lowest BCUT2D eigenvalue weighted by Gasteiger charge is -2.36. The minimum absolute atomic E-state index is 0.182. The summed E-state index contributed by atoms with van der Waals surface area (Å²) in [6.45, 7) is 2.01. The Morgan fingerprint density at radius 3 is 2.35 bits per heavy atom. The van der Waals surface area contributed by atoms with Crippen LogP contribution in [-0.4, -0.2) is 56.2 Å². The Morgan fingerprint density at radius 1 is 0.892 bits per heavy atom. The summed E-state index contributed by atoms with van der Waals surface area (Å²) in [6.07, 6.45) is 0. The number of benzene rings is 3. The molecule has 9 nitrogen and oxygen atoms in total. The zero-order valence-electron chi connectivity index (χ0n) is 19.8. The van der Waals surface area contributed by atoms with E-state index in [0.717, 1.165) is 10.4 Å². The van der Waals surface area contributed by atoms with Crippen LogP contribution in [0.25, 0.3) is 16.7 Å². The van der Waals surface area contributed by atoms with Gasteiger partial charge in [0, 0.05) is 31.9 Å². The monoisotopic (exact) mass is 498 g/mol. The SMILES string of the molecule is O=C(Cn1nc2c(Oc3ccccc3)nc3ccccc3n2c1=O)N1CCN(c2ccc(F)cc2)CC1. The lowest BCUT2D eigenvalue weighted by molar-refractivity contribution is -0.132. The molecular formula is C27H23FN6O3. The standard InChI is InChI=1S/C27H23FN6O3/c28-19-10-12-20(13-11-19)31-14-16-32(17-15-31)24(35)18-33-27(36)34-23-9-5-4-8-22(23)29-26(25(34)30-33)37-21-6-2-1-3-7-21/h1-13H,14-18H2. The molecule has 0 spiro atoms. The predicted molar refractivity (Wildman–Crippen MR) is 136 cm³/mol. The second-order valence-electron chi connectivity index (χ2n) is 8.76. The van der Waals surface area contributed by atoms with E-state index in [1.165, 1.54) is 16.5 Å². The average molecular weight is 499 g/mol. The van der Waals surface area contributed by atoms with Gasteiger partial charge < -0.3 is 14.5 Å². The van der Waals surface area contributed by atoms with Gasteiger partial charge in [-0.25, -0.2) is 23.3 Å². The molecule has 0 N–H and O–H groups in total. The van der Waals surface area contributed by atoms with Crippen LogP contribution in [0.5, 0.6) is 11.6 Å². The van der Waals surface area contributed by atoms with Crippen LogP contribution >= 0.6 is 0 Å². The molecule has 37 heavy (non-hydrogen) atoms. The van der Waals surface area contributed by atoms with E-state index in [9.17, 15) is 14.0 Å². The van der Waals surface area contributed by atoms with E-state index >= 15 is 0 Å². The number of anilines is 1. The Balaban J connectivity index is 1.27. The van der Waals surface area contributed by atoms with Crippen LogP contribution in [0.1, 0.15) is 0 Å². The number of ether oxygens (including phenoxy) is 1. The van der Waals surface area contributed by atoms with Gasteiger partial charge in [-0.2, -0.15) is 0 Å². The van der Waals surface area contributed by atoms with Crippen molar-refractivity contribution in [2.75, 3.05) is 31.1 Å². The first-order chi connectivity index (χ1) is 18.1. The molecule has 1 aliphatic heterocycles. The summed E-state index contributed by atoms with van der Waals surface area (Å²) >= 11 is 0. The first-order valence-corrected chi connectivity index (χ1v) is 12.0. The number of para-hydroxylation sites is 3. The minimum Gasteiger partial charge on any atom is -0.436 e. The largest absolute Gasteiger partial charge is 0.436 e. The number of aromatic nitrogens is 4. The molecule has 0 radical (unpaired) electrons. The summed E-state index contributed by atoms with van der Waals surface area (Å²) in [6, 6.07) is 22.7. The number of amides is 1. The zero-order valence-corrected chi connectivity index (χ0v) is 19.8. The molecule has 186 valence electrons. The summed E-state index contributed by atoms with van der Waals surface area (Å²) < 4.78 is 21.8. The van der Waals surface area contributed by atoms with Crippen LogP contribution in [-0.2, 0) is 11.3 Å². The van der Waals surface area contributed by atoms with E-state index in [-0.39, 0.29) is 29.8 Å². The Hall–Kier alpha value is -4.73. The third-order valence-corrected chi connectivity index (χ3v) is 6.44. The van der Waals surface area contributed by atoms with Gasteiger partial charge in [-0.1, -0.05) is 30.3 Å². The van der Waals surface area contributed by atoms with Crippen molar-refractivity contribution in [3.05, 3.63) is 95.2 Å². The van der Waals surface area contributed by atoms with Crippen molar-refractivity contribution >= 4 is 28.3 Å². The highest BCUT2D eigenvalue weighted by atomic mass is 19.1. The number of hydrogen-bond acceptors (Lipinski definition) is 6. The second-order valence-corrected chi connectivity index (χ2v) is 8.76. The van der Waals surface area contributed by atoms with Gasteiger partial charge in [0.15, 0.2) is 0 Å². The van der Waals surface area contributed by atoms with Gasteiger partial charge in [0.05, 0.1) is 11.0 Å². The molecule has 1 fully saturated rings. The maximum Gasteiger partial charge on any atom is 0.351 e. The highest BCUT2D eigenvalue weighted by Crippen LogP contribution is 2.26. The highest BCUT2D eigenvalue weighted by molar-refractivity contribution is 5.80. The van der Waals surface area contributed by atoms with Crippen molar-refractivity contribution in [2.24, 2.45) is 0 Å². The van der Waals surface area contributed by atoms with E-state index < -0.39 is 5.69 Å². The van der Waals surface area contributed by atoms with E-state index in [2.05, 4.69) is 15.0 Å². The number of hydrogen-bond donors (Lipinski definition) is 0. The van der Waals surface area contributed by atoms with Crippen molar-refractivity contribution in [2.45, 2.75) is 6.54 Å². The smallest absolute Gasteiger partial charge is 0.351 e. The highest BCUT2D eigenvalue weighted by Gasteiger charge is 2.24. The lowest BCUT2D eigenvalue weighted by Crippen LogP contribution is -2.50. The van der Waals surface area contributed by atoms with Crippen LogP contribution in [0.3, 0.4) is 0 Å². The van der Waals surface area contributed by atoms with Crippen molar-refractivity contribution in [3.63, 3.8) is 0 Å². The normalized spacial score (nSPS) is 13.9. The Bertz CT molecular complexity index is 1640. The van der Waals surface area contributed by atoms with Crippen LogP contribution < -0.4 is 15.3 Å². The lowest BCUT2D eigenvalue weighted by atomic mass is 10.2. The maximum absolute atomic E-state index is 13.4. The van der Waals surface area contributed by atoms with Crippen LogP contribution in [0.2, 0.25) is 0 Å². The Labute approximate surface area is 210 Å². The van der Waals surface area contributed by atoms with Gasteiger partial charge >= 0.3 is 5.69 Å². The number of halogens is 1. The second kappa shape index (κ2) is 9.38. The van der Waals surface area contributed by atoms with Gasteiger partial charge in [0.25, 0.3) is 5.88 Å². The Morgan fingerprint density at radius 2 is 1.59 bits per heavy atom. The summed E-state index contributed by atoms with van der Waals surface area (Å²) in [7, 11) is 0. The number of nitrogens with zero attached hydrogens (tertiary/aromatic N) is 6. The summed E-state index contributed by atoms with van der Waals surface area (Å²) in [5.41, 5.74) is 1.86. The third-order valence-electron chi connectivity index (χ3n) is 6.44. The van der Waals surface area contributed by atoms with Crippen molar-refractivity contribution < 1.29 is 13.9 Å². The van der Waals surface area contributed by atoms with Crippen LogP contribution in [0, 0.1) is 5.82 Å². The number of carbonyl (C=O) groups excluding carboxylic acids is 1. The maximum atomic E-state index is 13.4. The van der Waals surface area contributed by atoms with Crippen LogP contribution in [0.15, 0.2) is 83.7 Å². The van der Waals surface area contributed by atoms with E-state index in [0.29, 0.717) is 43.0 Å². The zero-order chi connectivity index (χ0) is 25.4. The fourth-order valence-electron chi connectivity index (χ4n) is 4.54. The number of piperazine rings is 1. The minimum atomic E-state index is -0.440. The molecule has 0 unspecified atom stereocenters. The molecule has 3 heterocycles. The quantitative estimate of drug-likeness (QED) is 0.370. The van der Waals surface area contributed by atoms with Gasteiger partial charge in [-0.3, -0.25) is 4.79 Å². The van der Waals surface area contributed by atoms with E-state index in [1.807, 2.05) is 30.3 Å². The van der Waals surface area contributed by atoms with Gasteiger partial charge in [-0.05, 0) is 48.5 Å². The van der Waals surface area contributed by atoms with Crippen molar-refractivity contribution in [1.82, 2.24) is 24.1 Å². The van der Waals surface area contributed by atoms with E-state index in [4.69, 9.17) is 4.74 Å². The van der Waals surface area contributed by atoms with Gasteiger partial charge in [-0.15, -0.1) is 5.10 Å². The fourth-order valence-corrected chi connectivity index (χ4v) is 4.54. The molecule has 2 aromatic heterocycles. The molecule has 0 atom stereocenters. The van der Waals surface area contributed by atoms with Crippen LogP contribution in [0.4, 0.5) is 10.1 Å². The average Bonchev–Trinajstić information content (AvgIpc) is 3.26. The molecule has 1 aliphatic rings. The molecule has 5 aromatic rings. The third kappa shape index (κ3) is 4.37. The number of rotatable bonds is 5. The molecule has 10 heteroatoms. The molecule has 0 saturated carbocycles. The first-order valence-electron chi connectivity index (χ1n) is 12.0. The molecule has 1 saturated heterocycles. The molecular weight excluding hydrogens is 475 g/mol. The predicted octanol–water partition coefficient (Wildman–Crippen LogP) is 3.32. The molecule has 0 bridgehead atoms. The molecule has 3 aromatic carbocycles. The molecule has 6 rings (SSSR count). The van der Waals surface area contributed by atoms with Gasteiger partial charge in [0.1, 0.15) is 18.1 Å². The summed E-state index contributed by atoms with van der Waals surface area (Å²) in [4.78, 5) is 34.9. The summed E-state index contributed by atoms with van der Waals surface area (Å²) in [5.74, 6) is 0.258. The first kappa shape index (κ1) is 22.7. The Kier molecular flexibility index (Phi) is 5.76. The summed E-state index contributed by atoms with van der Waals surface area (Å²) in [5, 5.41) is 4.45. The van der Waals surface area contributed by atoms with Crippen molar-refractivity contribution in [1.29, 1.82) is 0 Å². The topological polar surface area (TPSA) is 85.0 Å². The van der Waals surface area contributed by atoms with E-state index in [1.54, 1.807) is 41.3 Å². The number of fused-ring (bicyclic) bond motifs is 3. The van der Waals surface area contributed by atoms with Gasteiger partial charge in [0.2, 0.25) is 11.6 Å². The molecule has 1 amide bonds. The van der Waals surface area contributed by atoms with Crippen molar-refractivity contribution in [3.8, 4) is 11.6 Å².